The summed E-state index contributed by atoms with van der Waals surface area (Å²) in [5.74, 6) is 0. The van der Waals surface area contributed by atoms with Gasteiger partial charge in [-0.1, -0.05) is 0 Å². The summed E-state index contributed by atoms with van der Waals surface area (Å²) in [5, 5.41) is 27.5. The number of phosphoric acid groups is 1. The van der Waals surface area contributed by atoms with Gasteiger partial charge < -0.3 is 0 Å². The molecule has 6 rings (SSSR count). The third-order valence-electron chi connectivity index (χ3n) is 12.0. The van der Waals surface area contributed by atoms with E-state index in [-0.39, 0.29) is 0 Å². The van der Waals surface area contributed by atoms with Crippen LogP contribution in [0.3, 0.4) is 0 Å². The van der Waals surface area contributed by atoms with Crippen LogP contribution in [0.2, 0.25) is 0 Å². The Morgan fingerprint density at radius 1 is 0.415 bits per heavy atom. The van der Waals surface area contributed by atoms with Crippen molar-refractivity contribution in [2.75, 3.05) is 106 Å². The molecular weight excluding hydrogens is 920 g/mol. The number of hydrogen-bond donors (Lipinski definition) is 0. The second-order valence-electron chi connectivity index (χ2n) is 16.3. The van der Waals surface area contributed by atoms with Gasteiger partial charge in [-0.15, -0.1) is 0 Å². The van der Waals surface area contributed by atoms with Gasteiger partial charge in [0.1, 0.15) is 0 Å². The molecule has 25 nitrogen and oxygen atoms in total. The Bertz CT molecular complexity index is 2480. The minimum absolute atomic E-state index is 0.364. The molecule has 0 atom stereocenters. The van der Waals surface area contributed by atoms with E-state index in [2.05, 4.69) is 30.9 Å². The first-order valence-corrected chi connectivity index (χ1v) is 27.2. The molecule has 3 amide bonds. The maximum absolute atomic E-state index is 18.1. The summed E-state index contributed by atoms with van der Waals surface area (Å²) >= 11 is 0. The van der Waals surface area contributed by atoms with Crippen LogP contribution in [0.15, 0.2) is 72.8 Å². The number of aromatic nitrogens is 9. The first-order chi connectivity index (χ1) is 30.5. The summed E-state index contributed by atoms with van der Waals surface area (Å²) < 4.78 is 58.2. The molecule has 0 N–H and O–H groups in total. The third-order valence-corrected chi connectivity index (χ3v) is 32.8. The van der Waals surface area contributed by atoms with Crippen LogP contribution in [0.25, 0.3) is 33.1 Å². The topological polar surface area (TPSA) is 217 Å². The Labute approximate surface area is 378 Å². The Hall–Kier alpha value is -4.57. The predicted octanol–water partition coefficient (Wildman–Crippen LogP) is 4.04. The number of benzene rings is 3. The standard InChI is InChI=1S/C36H60N18O7P4/c1-43(2)63(44(3)4,49(13)28-55,52-34-25-19-16-22-31(34)37-40-52)59-62(58,60-64(45(5)6,46(7)8,50(14)29-56)53-35-26-20-17-23-32(35)38-41-53)61-65(47(9)10,48(11)12,51(15)30-57)54-36-27-21-18-24-33(36)39-42-54/h16-30H,1-15H3. The number of hydrogen-bond acceptors (Lipinski definition) is 19. The van der Waals surface area contributed by atoms with Gasteiger partial charge in [-0.05, 0) is 0 Å². The normalized spacial score (nSPS) is 15.9. The summed E-state index contributed by atoms with van der Waals surface area (Å²) in [4.78, 5) is 41.4. The zero-order valence-electron chi connectivity index (χ0n) is 39.4. The minimum atomic E-state index is -5.91. The van der Waals surface area contributed by atoms with Crippen LogP contribution in [-0.2, 0) is 31.9 Å². The van der Waals surface area contributed by atoms with Crippen LogP contribution < -0.4 is 0 Å². The molecule has 0 spiro atoms. The summed E-state index contributed by atoms with van der Waals surface area (Å²) in [5.41, 5.74) is 2.29. The van der Waals surface area contributed by atoms with Crippen LogP contribution in [-0.4, -0.2) is 211 Å². The summed E-state index contributed by atoms with van der Waals surface area (Å²) in [7, 11) is 1.35. The van der Waals surface area contributed by atoms with Crippen molar-refractivity contribution < 1.29 is 31.9 Å². The van der Waals surface area contributed by atoms with Crippen LogP contribution in [0.4, 0.5) is 0 Å². The molecule has 0 radical (unpaired) electrons. The van der Waals surface area contributed by atoms with Crippen molar-refractivity contribution in [1.82, 2.24) is 86.3 Å². The molecule has 3 heterocycles. The van der Waals surface area contributed by atoms with Gasteiger partial charge in [0.25, 0.3) is 0 Å². The molecular formula is C36H60N18O7P4. The van der Waals surface area contributed by atoms with Crippen molar-refractivity contribution in [1.29, 1.82) is 0 Å². The molecule has 0 aliphatic rings. The summed E-state index contributed by atoms with van der Waals surface area (Å²) in [6.07, 6.45) is 1.54. The summed E-state index contributed by atoms with van der Waals surface area (Å²) in [6, 6.07) is 20.9. The third kappa shape index (κ3) is 6.16. The summed E-state index contributed by atoms with van der Waals surface area (Å²) in [6.45, 7) is 0. The SMILES string of the molecule is CN(C)P(OP(=O)(OP(N(C)C)(N(C)C)(N(C)C=O)n1nnc2ccccc21)OP(N(C)C)(N(C)C)(N(C)C=O)n1nnc2ccccc21)(N(C)C)(N(C)C=O)n1nnc2ccccc21. The van der Waals surface area contributed by atoms with Gasteiger partial charge in [0.2, 0.25) is 0 Å². The first kappa shape index (κ1) is 49.9. The van der Waals surface area contributed by atoms with Gasteiger partial charge in [-0.3, -0.25) is 0 Å². The average molecular weight is 981 g/mol. The number of rotatable bonds is 21. The molecule has 65 heavy (non-hydrogen) atoms. The molecule has 3 aromatic carbocycles. The molecule has 29 heteroatoms. The number of carbonyl (C=O) groups excluding carboxylic acids is 3. The molecule has 0 aliphatic carbocycles. The van der Waals surface area contributed by atoms with Gasteiger partial charge in [0.05, 0.1) is 0 Å². The quantitative estimate of drug-likeness (QED) is 0.0734. The van der Waals surface area contributed by atoms with Gasteiger partial charge in [-0.25, -0.2) is 0 Å². The molecule has 6 aromatic rings. The van der Waals surface area contributed by atoms with Crippen molar-refractivity contribution in [2.24, 2.45) is 0 Å². The van der Waals surface area contributed by atoms with Crippen LogP contribution in [0.5, 0.6) is 0 Å². The number of carbonyl (C=O) groups is 3. The second-order valence-corrected chi connectivity index (χ2v) is 32.2. The first-order valence-electron chi connectivity index (χ1n) is 19.9. The van der Waals surface area contributed by atoms with Crippen molar-refractivity contribution in [3.8, 4) is 0 Å². The number of nitrogens with zero attached hydrogens (tertiary/aromatic N) is 18. The van der Waals surface area contributed by atoms with Crippen molar-refractivity contribution >= 4 is 82.5 Å². The second kappa shape index (κ2) is 16.9. The molecule has 3 aromatic heterocycles. The number of fused-ring (bicyclic) bond motifs is 3. The Morgan fingerprint density at radius 2 is 0.631 bits per heavy atom. The van der Waals surface area contributed by atoms with E-state index in [9.17, 15) is 14.4 Å². The Balaban J connectivity index is 1.95. The molecule has 0 saturated heterocycles. The van der Waals surface area contributed by atoms with E-state index in [1.165, 1.54) is 48.5 Å². The Morgan fingerprint density at radius 3 is 0.831 bits per heavy atom. The van der Waals surface area contributed by atoms with Crippen LogP contribution >= 0.6 is 30.1 Å². The van der Waals surface area contributed by atoms with Gasteiger partial charge in [0.15, 0.2) is 0 Å². The molecule has 0 saturated carbocycles. The molecule has 0 unspecified atom stereocenters. The fraction of sp³-hybridized carbons (Fsp3) is 0.417. The van der Waals surface area contributed by atoms with E-state index in [0.29, 0.717) is 52.3 Å². The van der Waals surface area contributed by atoms with Gasteiger partial charge in [-0.2, -0.15) is 0 Å². The van der Waals surface area contributed by atoms with Crippen LogP contribution in [0, 0.1) is 0 Å². The number of para-hydroxylation sites is 3. The van der Waals surface area contributed by atoms with E-state index in [1.54, 1.807) is 185 Å². The van der Waals surface area contributed by atoms with E-state index >= 15 is 4.57 Å². The molecule has 0 bridgehead atoms. The predicted molar refractivity (Wildman–Crippen MR) is 254 cm³/mol. The van der Waals surface area contributed by atoms with E-state index in [4.69, 9.17) is 12.9 Å². The van der Waals surface area contributed by atoms with Crippen molar-refractivity contribution in [3.63, 3.8) is 0 Å². The average Bonchev–Trinajstić information content (AvgIpc) is 4.04. The zero-order valence-corrected chi connectivity index (χ0v) is 42.9. The fourth-order valence-electron chi connectivity index (χ4n) is 9.07. The Kier molecular flexibility index (Phi) is 13.0. The molecule has 0 fully saturated rings. The van der Waals surface area contributed by atoms with Crippen molar-refractivity contribution in [3.05, 3.63) is 72.8 Å². The monoisotopic (exact) mass is 980 g/mol. The van der Waals surface area contributed by atoms with Crippen molar-refractivity contribution in [2.45, 2.75) is 0 Å². The molecule has 0 aliphatic heterocycles. The van der Waals surface area contributed by atoms with Crippen LogP contribution in [0.1, 0.15) is 0 Å². The zero-order chi connectivity index (χ0) is 48.2. The number of amides is 3. The van der Waals surface area contributed by atoms with E-state index in [0.717, 1.165) is 0 Å². The fourth-order valence-corrected chi connectivity index (χ4v) is 31.3. The van der Waals surface area contributed by atoms with E-state index < -0.39 is 30.1 Å². The van der Waals surface area contributed by atoms with E-state index in [1.807, 2.05) is 0 Å². The maximum atomic E-state index is 18.1. The van der Waals surface area contributed by atoms with Gasteiger partial charge >= 0.3 is 379 Å². The molecule has 356 valence electrons. The van der Waals surface area contributed by atoms with Gasteiger partial charge in [0, 0.05) is 0 Å².